The maximum atomic E-state index is 12.6. The second-order valence-corrected chi connectivity index (χ2v) is 5.93. The third kappa shape index (κ3) is 2.09. The fraction of sp³-hybridized carbons (Fsp3) is 0.294. The van der Waals surface area contributed by atoms with Crippen LogP contribution in [0.4, 0.5) is 5.69 Å². The number of aromatic nitrogens is 3. The molecular weight excluding hydrogens is 276 g/mol. The van der Waals surface area contributed by atoms with Crippen LogP contribution in [0.2, 0.25) is 0 Å². The number of nitrogens with zero attached hydrogens (tertiary/aromatic N) is 2. The summed E-state index contributed by atoms with van der Waals surface area (Å²) in [5, 5.41) is 4.18. The van der Waals surface area contributed by atoms with Crippen LogP contribution < -0.4 is 5.32 Å². The summed E-state index contributed by atoms with van der Waals surface area (Å²) >= 11 is 0. The molecule has 5 nitrogen and oxygen atoms in total. The van der Waals surface area contributed by atoms with Crippen LogP contribution in [0, 0.1) is 5.92 Å². The quantitative estimate of drug-likeness (QED) is 0.763. The number of rotatable bonds is 2. The van der Waals surface area contributed by atoms with Gasteiger partial charge in [-0.2, -0.15) is 0 Å². The van der Waals surface area contributed by atoms with Crippen LogP contribution in [-0.2, 0) is 24.7 Å². The van der Waals surface area contributed by atoms with E-state index in [2.05, 4.69) is 21.4 Å². The first-order valence-electron chi connectivity index (χ1n) is 7.58. The zero-order chi connectivity index (χ0) is 15.1. The summed E-state index contributed by atoms with van der Waals surface area (Å²) < 4.78 is 2.04. The maximum absolute atomic E-state index is 12.6. The fourth-order valence-electron chi connectivity index (χ4n) is 3.30. The molecule has 0 bridgehead atoms. The Morgan fingerprint density at radius 2 is 2.27 bits per heavy atom. The molecule has 4 rings (SSSR count). The van der Waals surface area contributed by atoms with Gasteiger partial charge in [0, 0.05) is 42.2 Å². The Kier molecular flexibility index (Phi) is 2.99. The number of para-hydroxylation sites is 1. The van der Waals surface area contributed by atoms with Crippen molar-refractivity contribution < 1.29 is 4.79 Å². The van der Waals surface area contributed by atoms with Crippen molar-refractivity contribution in [3.8, 4) is 0 Å². The predicted octanol–water partition coefficient (Wildman–Crippen LogP) is 2.65. The van der Waals surface area contributed by atoms with Gasteiger partial charge in [-0.05, 0) is 18.9 Å². The summed E-state index contributed by atoms with van der Waals surface area (Å²) in [6.07, 6.45) is 6.16. The van der Waals surface area contributed by atoms with E-state index in [9.17, 15) is 4.79 Å². The highest BCUT2D eigenvalue weighted by molar-refractivity contribution is 6.02. The highest BCUT2D eigenvalue weighted by Crippen LogP contribution is 2.28. The van der Waals surface area contributed by atoms with E-state index in [1.54, 1.807) is 6.33 Å². The number of aromatic amines is 1. The minimum absolute atomic E-state index is 0.00641. The first-order chi connectivity index (χ1) is 10.7. The standard InChI is InChI=1S/C17H18N4O/c1-21-9-15(12-4-2-3-5-16(12)21)20-17(22)11-6-7-13-14(8-11)19-10-18-13/h2-5,9-11H,6-8H2,1H3,(H,18,19)(H,20,22)/t11-/m0/s1. The number of aryl methyl sites for hydroxylation is 2. The molecule has 2 aromatic heterocycles. The molecule has 3 aromatic rings. The van der Waals surface area contributed by atoms with Crippen molar-refractivity contribution in [1.29, 1.82) is 0 Å². The Hall–Kier alpha value is -2.56. The van der Waals surface area contributed by atoms with Crippen molar-refractivity contribution >= 4 is 22.5 Å². The third-order valence-electron chi connectivity index (χ3n) is 4.51. The molecule has 5 heteroatoms. The lowest BCUT2D eigenvalue weighted by Gasteiger charge is -2.20. The zero-order valence-electron chi connectivity index (χ0n) is 12.5. The summed E-state index contributed by atoms with van der Waals surface area (Å²) in [6.45, 7) is 0. The first kappa shape index (κ1) is 13.1. The Bertz CT molecular complexity index is 845. The molecule has 22 heavy (non-hydrogen) atoms. The van der Waals surface area contributed by atoms with E-state index in [0.29, 0.717) is 0 Å². The molecule has 1 aromatic carbocycles. The monoisotopic (exact) mass is 294 g/mol. The van der Waals surface area contributed by atoms with Crippen molar-refractivity contribution in [2.24, 2.45) is 13.0 Å². The fourth-order valence-corrected chi connectivity index (χ4v) is 3.30. The SMILES string of the molecule is Cn1cc(NC(=O)[C@H]2CCc3nc[nH]c3C2)c2ccccc21. The van der Waals surface area contributed by atoms with Crippen molar-refractivity contribution in [2.75, 3.05) is 5.32 Å². The second kappa shape index (κ2) is 5.02. The van der Waals surface area contributed by atoms with E-state index in [1.807, 2.05) is 36.0 Å². The van der Waals surface area contributed by atoms with Crippen LogP contribution in [0.1, 0.15) is 17.8 Å². The molecule has 1 aliphatic rings. The molecule has 0 radical (unpaired) electrons. The highest BCUT2D eigenvalue weighted by Gasteiger charge is 2.26. The molecule has 112 valence electrons. The highest BCUT2D eigenvalue weighted by atomic mass is 16.1. The normalized spacial score (nSPS) is 17.4. The van der Waals surface area contributed by atoms with Gasteiger partial charge in [0.1, 0.15) is 0 Å². The molecule has 2 N–H and O–H groups in total. The molecule has 0 spiro atoms. The van der Waals surface area contributed by atoms with Crippen LogP contribution in [0.3, 0.4) is 0 Å². The van der Waals surface area contributed by atoms with E-state index in [1.165, 1.54) is 0 Å². The van der Waals surface area contributed by atoms with Gasteiger partial charge in [-0.1, -0.05) is 18.2 Å². The number of anilines is 1. The minimum atomic E-state index is 0.00641. The number of carbonyl (C=O) groups is 1. The molecule has 1 amide bonds. The van der Waals surface area contributed by atoms with E-state index in [-0.39, 0.29) is 11.8 Å². The number of fused-ring (bicyclic) bond motifs is 2. The lowest BCUT2D eigenvalue weighted by atomic mass is 9.89. The van der Waals surface area contributed by atoms with Crippen LogP contribution in [0.5, 0.6) is 0 Å². The van der Waals surface area contributed by atoms with Gasteiger partial charge in [-0.3, -0.25) is 4.79 Å². The minimum Gasteiger partial charge on any atom is -0.348 e. The Balaban J connectivity index is 1.57. The van der Waals surface area contributed by atoms with Crippen LogP contribution in [-0.4, -0.2) is 20.4 Å². The van der Waals surface area contributed by atoms with Gasteiger partial charge in [0.2, 0.25) is 5.91 Å². The zero-order valence-corrected chi connectivity index (χ0v) is 12.5. The smallest absolute Gasteiger partial charge is 0.227 e. The summed E-state index contributed by atoms with van der Waals surface area (Å²) in [7, 11) is 2.00. The van der Waals surface area contributed by atoms with Crippen LogP contribution >= 0.6 is 0 Å². The van der Waals surface area contributed by atoms with Crippen molar-refractivity contribution in [2.45, 2.75) is 19.3 Å². The number of hydrogen-bond donors (Lipinski definition) is 2. The number of H-pyrrole nitrogens is 1. The number of amides is 1. The van der Waals surface area contributed by atoms with E-state index < -0.39 is 0 Å². The molecule has 1 atom stereocenters. The lowest BCUT2D eigenvalue weighted by molar-refractivity contribution is -0.120. The molecule has 2 heterocycles. The average Bonchev–Trinajstić information content (AvgIpc) is 3.12. The Morgan fingerprint density at radius 1 is 1.41 bits per heavy atom. The van der Waals surface area contributed by atoms with Gasteiger partial charge in [0.25, 0.3) is 0 Å². The molecule has 1 aliphatic carbocycles. The summed E-state index contributed by atoms with van der Waals surface area (Å²) in [5.41, 5.74) is 4.22. The van der Waals surface area contributed by atoms with Gasteiger partial charge in [-0.15, -0.1) is 0 Å². The molecule has 0 unspecified atom stereocenters. The third-order valence-corrected chi connectivity index (χ3v) is 4.51. The van der Waals surface area contributed by atoms with Gasteiger partial charge in [0.15, 0.2) is 0 Å². The summed E-state index contributed by atoms with van der Waals surface area (Å²) in [6, 6.07) is 8.10. The van der Waals surface area contributed by atoms with E-state index in [0.717, 1.165) is 47.2 Å². The molecule has 0 saturated heterocycles. The summed E-state index contributed by atoms with van der Waals surface area (Å²) in [5.74, 6) is 0.100. The predicted molar refractivity (Wildman–Crippen MR) is 85.7 cm³/mol. The number of hydrogen-bond acceptors (Lipinski definition) is 2. The van der Waals surface area contributed by atoms with Crippen molar-refractivity contribution in [1.82, 2.24) is 14.5 Å². The number of imidazole rings is 1. The second-order valence-electron chi connectivity index (χ2n) is 5.93. The molecule has 0 aliphatic heterocycles. The van der Waals surface area contributed by atoms with Crippen LogP contribution in [0.15, 0.2) is 36.8 Å². The van der Waals surface area contributed by atoms with Crippen molar-refractivity contribution in [3.05, 3.63) is 48.2 Å². The Labute approximate surface area is 128 Å². The topological polar surface area (TPSA) is 62.7 Å². The number of nitrogens with one attached hydrogen (secondary N) is 2. The lowest BCUT2D eigenvalue weighted by Crippen LogP contribution is -2.28. The largest absolute Gasteiger partial charge is 0.348 e. The van der Waals surface area contributed by atoms with E-state index >= 15 is 0 Å². The van der Waals surface area contributed by atoms with Gasteiger partial charge >= 0.3 is 0 Å². The summed E-state index contributed by atoms with van der Waals surface area (Å²) in [4.78, 5) is 20.0. The first-order valence-corrected chi connectivity index (χ1v) is 7.58. The van der Waals surface area contributed by atoms with Crippen molar-refractivity contribution in [3.63, 3.8) is 0 Å². The molecule has 0 saturated carbocycles. The number of carbonyl (C=O) groups excluding carboxylic acids is 1. The van der Waals surface area contributed by atoms with E-state index in [4.69, 9.17) is 0 Å². The Morgan fingerprint density at radius 3 is 3.18 bits per heavy atom. The molecular formula is C17H18N4O. The maximum Gasteiger partial charge on any atom is 0.227 e. The molecule has 0 fully saturated rings. The van der Waals surface area contributed by atoms with Crippen LogP contribution in [0.25, 0.3) is 10.9 Å². The average molecular weight is 294 g/mol. The number of benzene rings is 1. The van der Waals surface area contributed by atoms with Gasteiger partial charge in [-0.25, -0.2) is 4.98 Å². The van der Waals surface area contributed by atoms with Gasteiger partial charge < -0.3 is 14.9 Å². The van der Waals surface area contributed by atoms with Gasteiger partial charge in [0.05, 0.1) is 17.7 Å².